The van der Waals surface area contributed by atoms with Crippen LogP contribution in [-0.4, -0.2) is 64.8 Å². The molecule has 27 heavy (non-hydrogen) atoms. The summed E-state index contributed by atoms with van der Waals surface area (Å²) in [5, 5.41) is 1.92. The van der Waals surface area contributed by atoms with Crippen LogP contribution in [0.1, 0.15) is 22.2 Å². The van der Waals surface area contributed by atoms with Crippen LogP contribution < -0.4 is 0 Å². The van der Waals surface area contributed by atoms with Gasteiger partial charge in [-0.25, -0.2) is 4.79 Å². The average Bonchev–Trinajstić information content (AvgIpc) is 3.25. The van der Waals surface area contributed by atoms with Crippen molar-refractivity contribution in [2.24, 2.45) is 0 Å². The van der Waals surface area contributed by atoms with Gasteiger partial charge in [-0.15, -0.1) is 11.3 Å². The van der Waals surface area contributed by atoms with Gasteiger partial charge >= 0.3 is 6.03 Å². The number of nitrogens with zero attached hydrogens (tertiary/aromatic N) is 3. The van der Waals surface area contributed by atoms with Crippen LogP contribution in [0.4, 0.5) is 4.79 Å². The Morgan fingerprint density at radius 1 is 1.15 bits per heavy atom. The van der Waals surface area contributed by atoms with Crippen LogP contribution in [0.5, 0.6) is 0 Å². The third-order valence-corrected chi connectivity index (χ3v) is 6.14. The summed E-state index contributed by atoms with van der Waals surface area (Å²) < 4.78 is 0. The average molecular weight is 383 g/mol. The van der Waals surface area contributed by atoms with E-state index in [0.29, 0.717) is 24.5 Å². The van der Waals surface area contributed by atoms with Gasteiger partial charge in [0.1, 0.15) is 6.04 Å². The number of aryl methyl sites for hydroxylation is 1. The molecule has 0 saturated carbocycles. The molecule has 2 fully saturated rings. The summed E-state index contributed by atoms with van der Waals surface area (Å²) in [6.07, 6.45) is 0. The molecule has 0 aliphatic carbocycles. The van der Waals surface area contributed by atoms with Gasteiger partial charge in [-0.05, 0) is 30.9 Å². The van der Waals surface area contributed by atoms with Crippen molar-refractivity contribution in [2.45, 2.75) is 19.9 Å². The molecular weight excluding hydrogens is 362 g/mol. The van der Waals surface area contributed by atoms with Crippen LogP contribution in [0, 0.1) is 6.92 Å². The fourth-order valence-electron chi connectivity index (χ4n) is 3.71. The van der Waals surface area contributed by atoms with Crippen molar-refractivity contribution >= 4 is 29.2 Å². The number of hydrogen-bond acceptors (Lipinski definition) is 4. The molecule has 6 nitrogen and oxygen atoms in total. The molecule has 1 atom stereocenters. The fraction of sp³-hybridized carbons (Fsp3) is 0.350. The van der Waals surface area contributed by atoms with E-state index in [1.165, 1.54) is 21.8 Å². The van der Waals surface area contributed by atoms with Crippen LogP contribution in [0.3, 0.4) is 0 Å². The molecule has 4 rings (SSSR count). The van der Waals surface area contributed by atoms with E-state index < -0.39 is 6.04 Å². The summed E-state index contributed by atoms with van der Waals surface area (Å²) in [6, 6.07) is 9.26. The first kappa shape index (κ1) is 17.7. The zero-order chi connectivity index (χ0) is 19.1. The Balaban J connectivity index is 1.57. The van der Waals surface area contributed by atoms with Crippen LogP contribution in [0.2, 0.25) is 0 Å². The smallest absolute Gasteiger partial charge is 0.327 e. The Kier molecular flexibility index (Phi) is 4.47. The van der Waals surface area contributed by atoms with Crippen LogP contribution >= 0.6 is 11.3 Å². The van der Waals surface area contributed by atoms with E-state index in [2.05, 4.69) is 0 Å². The number of likely N-dealkylation sites (N-methyl/N-ethyl adjacent to an activating group) is 1. The summed E-state index contributed by atoms with van der Waals surface area (Å²) in [4.78, 5) is 43.2. The highest BCUT2D eigenvalue weighted by Gasteiger charge is 2.47. The van der Waals surface area contributed by atoms with Gasteiger partial charge in [0.25, 0.3) is 11.8 Å². The summed E-state index contributed by atoms with van der Waals surface area (Å²) in [7, 11) is 0. The molecule has 1 unspecified atom stereocenters. The standard InChI is InChI=1S/C20H21N3O3S/c1-3-22-18(24)16-12-21(9-10-23(16)20(22)26)19(25)17-15(8-11-27-17)14-6-4-13(2)5-7-14/h4-8,11,16H,3,9-10,12H2,1-2H3. The van der Waals surface area contributed by atoms with Crippen LogP contribution in [0.15, 0.2) is 35.7 Å². The minimum Gasteiger partial charge on any atom is -0.334 e. The lowest BCUT2D eigenvalue weighted by atomic mass is 10.0. The summed E-state index contributed by atoms with van der Waals surface area (Å²) >= 11 is 1.41. The van der Waals surface area contributed by atoms with E-state index >= 15 is 0 Å². The number of carbonyl (C=O) groups is 3. The van der Waals surface area contributed by atoms with Gasteiger partial charge in [0.15, 0.2) is 0 Å². The molecule has 2 aliphatic rings. The van der Waals surface area contributed by atoms with E-state index in [1.807, 2.05) is 42.6 Å². The van der Waals surface area contributed by atoms with Gasteiger partial charge in [-0.1, -0.05) is 29.8 Å². The highest BCUT2D eigenvalue weighted by atomic mass is 32.1. The molecule has 3 heterocycles. The van der Waals surface area contributed by atoms with Gasteiger partial charge in [0, 0.05) is 25.2 Å². The number of hydrogen-bond donors (Lipinski definition) is 0. The molecule has 140 valence electrons. The Bertz CT molecular complexity index is 905. The minimum absolute atomic E-state index is 0.0737. The van der Waals surface area contributed by atoms with Crippen LogP contribution in [0.25, 0.3) is 11.1 Å². The number of urea groups is 1. The lowest BCUT2D eigenvalue weighted by Crippen LogP contribution is -2.54. The largest absolute Gasteiger partial charge is 0.334 e. The van der Waals surface area contributed by atoms with Crippen molar-refractivity contribution in [3.05, 3.63) is 46.2 Å². The lowest BCUT2D eigenvalue weighted by Gasteiger charge is -2.35. The molecule has 2 saturated heterocycles. The van der Waals surface area contributed by atoms with Gasteiger partial charge < -0.3 is 9.80 Å². The molecular formula is C20H21N3O3S. The number of amides is 4. The zero-order valence-corrected chi connectivity index (χ0v) is 16.2. The Morgan fingerprint density at radius 3 is 2.59 bits per heavy atom. The quantitative estimate of drug-likeness (QED) is 0.766. The highest BCUT2D eigenvalue weighted by Crippen LogP contribution is 2.31. The molecule has 0 bridgehead atoms. The number of thiophene rings is 1. The number of rotatable bonds is 3. The molecule has 2 aliphatic heterocycles. The maximum atomic E-state index is 13.2. The second-order valence-electron chi connectivity index (χ2n) is 6.85. The van der Waals surface area contributed by atoms with Crippen molar-refractivity contribution in [1.29, 1.82) is 0 Å². The second-order valence-corrected chi connectivity index (χ2v) is 7.77. The Morgan fingerprint density at radius 2 is 1.89 bits per heavy atom. The monoisotopic (exact) mass is 383 g/mol. The SMILES string of the molecule is CCN1C(=O)C2CN(C(=O)c3sccc3-c3ccc(C)cc3)CCN2C1=O. The summed E-state index contributed by atoms with van der Waals surface area (Å²) in [5.41, 5.74) is 3.09. The number of benzene rings is 1. The van der Waals surface area contributed by atoms with Gasteiger partial charge in [-0.2, -0.15) is 0 Å². The lowest BCUT2D eigenvalue weighted by molar-refractivity contribution is -0.129. The fourth-order valence-corrected chi connectivity index (χ4v) is 4.59. The van der Waals surface area contributed by atoms with Crippen molar-refractivity contribution in [3.8, 4) is 11.1 Å². The van der Waals surface area contributed by atoms with E-state index in [4.69, 9.17) is 0 Å². The van der Waals surface area contributed by atoms with Gasteiger partial charge in [0.05, 0.1) is 11.4 Å². The zero-order valence-electron chi connectivity index (χ0n) is 15.3. The third-order valence-electron chi connectivity index (χ3n) is 5.23. The van der Waals surface area contributed by atoms with E-state index in [-0.39, 0.29) is 24.4 Å². The molecule has 0 N–H and O–H groups in total. The van der Waals surface area contributed by atoms with E-state index in [9.17, 15) is 14.4 Å². The van der Waals surface area contributed by atoms with E-state index in [1.54, 1.807) is 16.7 Å². The van der Waals surface area contributed by atoms with Crippen LogP contribution in [-0.2, 0) is 4.79 Å². The minimum atomic E-state index is -0.557. The summed E-state index contributed by atoms with van der Waals surface area (Å²) in [5.74, 6) is -0.277. The first-order valence-electron chi connectivity index (χ1n) is 9.07. The molecule has 0 radical (unpaired) electrons. The molecule has 7 heteroatoms. The van der Waals surface area contributed by atoms with Crippen molar-refractivity contribution < 1.29 is 14.4 Å². The first-order chi connectivity index (χ1) is 13.0. The third kappa shape index (κ3) is 2.92. The predicted molar refractivity (Wildman–Crippen MR) is 104 cm³/mol. The number of carbonyl (C=O) groups excluding carboxylic acids is 3. The second kappa shape index (κ2) is 6.81. The Labute approximate surface area is 162 Å². The van der Waals surface area contributed by atoms with Crippen molar-refractivity contribution in [3.63, 3.8) is 0 Å². The van der Waals surface area contributed by atoms with Crippen molar-refractivity contribution in [1.82, 2.24) is 14.7 Å². The van der Waals surface area contributed by atoms with E-state index in [0.717, 1.165) is 11.1 Å². The molecule has 4 amide bonds. The first-order valence-corrected chi connectivity index (χ1v) is 9.95. The highest BCUT2D eigenvalue weighted by molar-refractivity contribution is 7.12. The number of imide groups is 1. The topological polar surface area (TPSA) is 60.9 Å². The van der Waals surface area contributed by atoms with Crippen molar-refractivity contribution in [2.75, 3.05) is 26.2 Å². The normalized spacial score (nSPS) is 19.6. The molecule has 0 spiro atoms. The summed E-state index contributed by atoms with van der Waals surface area (Å²) in [6.45, 7) is 5.27. The predicted octanol–water partition coefficient (Wildman–Crippen LogP) is 2.83. The molecule has 1 aromatic carbocycles. The van der Waals surface area contributed by atoms with Gasteiger partial charge in [-0.3, -0.25) is 14.5 Å². The maximum Gasteiger partial charge on any atom is 0.327 e. The number of fused-ring (bicyclic) bond motifs is 1. The maximum absolute atomic E-state index is 13.2. The number of piperazine rings is 1. The Hall–Kier alpha value is -2.67. The molecule has 2 aromatic rings. The van der Waals surface area contributed by atoms with Gasteiger partial charge in [0.2, 0.25) is 0 Å². The molecule has 1 aromatic heterocycles.